The van der Waals surface area contributed by atoms with Crippen molar-refractivity contribution in [3.05, 3.63) is 70.3 Å². The number of carbonyl (C=O) groups is 16. The molecule has 632 valence electrons. The number of benzene rings is 2. The number of rotatable bonds is 35. The summed E-state index contributed by atoms with van der Waals surface area (Å²) in [5.41, 5.74) is 21.6. The summed E-state index contributed by atoms with van der Waals surface area (Å²) >= 11 is 3.40. The van der Waals surface area contributed by atoms with Crippen LogP contribution in [0, 0.1) is 16.7 Å². The van der Waals surface area contributed by atoms with Crippen LogP contribution >= 0.6 is 15.9 Å². The minimum Gasteiger partial charge on any atom is -0.458 e. The lowest BCUT2D eigenvalue weighted by molar-refractivity contribution is -0.157. The number of para-hydroxylation sites is 1. The summed E-state index contributed by atoms with van der Waals surface area (Å²) in [6.45, 7) is 15.4. The first-order valence-corrected chi connectivity index (χ1v) is 40.2. The van der Waals surface area contributed by atoms with Crippen LogP contribution in [-0.2, 0) is 104 Å². The van der Waals surface area contributed by atoms with E-state index in [0.717, 1.165) is 16.3 Å². The van der Waals surface area contributed by atoms with Gasteiger partial charge in [-0.25, -0.2) is 4.79 Å². The summed E-state index contributed by atoms with van der Waals surface area (Å²) < 4.78 is 42.7. The second-order valence-electron chi connectivity index (χ2n) is 31.0. The maximum absolute atomic E-state index is 15.4. The molecule has 0 spiro atoms. The number of amides is 15. The number of nitrogens with one attached hydrogen (secondary N) is 12. The van der Waals surface area contributed by atoms with Crippen molar-refractivity contribution in [1.82, 2.24) is 73.3 Å². The molecule has 41 heteroatoms. The number of esters is 1. The van der Waals surface area contributed by atoms with Gasteiger partial charge in [-0.1, -0.05) is 102 Å². The number of nitrogens with zero attached hydrogens (tertiary/aromatic N) is 3. The number of hydrogen-bond acceptors (Lipinski definition) is 20. The second kappa shape index (κ2) is 41.5. The molecule has 0 radical (unpaired) electrons. The van der Waals surface area contributed by atoms with E-state index in [2.05, 4.69) is 84.4 Å². The molecule has 6 rings (SSSR count). The Labute approximate surface area is 673 Å². The number of hydrogen-bond donors (Lipinski definition) is 17. The van der Waals surface area contributed by atoms with Crippen molar-refractivity contribution >= 4 is 138 Å². The fourth-order valence-corrected chi connectivity index (χ4v) is 14.3. The number of carbonyl (C=O) groups excluding carboxylic acids is 16. The van der Waals surface area contributed by atoms with Gasteiger partial charge < -0.3 is 101 Å². The lowest BCUT2D eigenvalue weighted by Crippen LogP contribution is -2.64. The van der Waals surface area contributed by atoms with E-state index < -0.39 is 238 Å². The first-order valence-electron chi connectivity index (χ1n) is 37.8. The van der Waals surface area contributed by atoms with Crippen LogP contribution in [0.4, 0.5) is 0 Å². The first-order chi connectivity index (χ1) is 53.8. The van der Waals surface area contributed by atoms with E-state index in [4.69, 9.17) is 27.7 Å². The SMILES string of the molecule is CCC(C)(C)[C@@H](NC(=O)C(NC(=O)[C@@H]1CCCN1C(=O)C(Cc1ccc(Br)cc1)NC(=O)[C@H](C)NC=O)C(C)(C)C)C(=O)N[C@H](Cc1c[nH]c2ccccc12)C(=O)N[C@H](CCCN=C(N)N)C(=O)N[C@@H](CS(=O)(=O)O)C(=O)N[C@H]1C(=O)N[C@H](CCC(N)=O)C(=O)N[C@@H](C(C)C)C(=O)N2CCC[C@H]2C(=O)N[C@@H](CC(N)=O)C(=O)O[C@H]1C. The topological polar surface area (TPSA) is 608 Å². The number of guanidine groups is 1. The largest absolute Gasteiger partial charge is 0.458 e. The summed E-state index contributed by atoms with van der Waals surface area (Å²) in [4.78, 5) is 235. The number of primary amides is 2. The van der Waals surface area contributed by atoms with Gasteiger partial charge in [-0.15, -0.1) is 0 Å². The molecule has 1 aromatic heterocycles. The van der Waals surface area contributed by atoms with E-state index in [0.29, 0.717) is 34.9 Å². The molecule has 3 aliphatic rings. The molecule has 0 bridgehead atoms. The maximum atomic E-state index is 15.4. The number of H-pyrrole nitrogens is 1. The van der Waals surface area contributed by atoms with E-state index in [9.17, 15) is 70.5 Å². The third-order valence-corrected chi connectivity index (χ3v) is 21.5. The van der Waals surface area contributed by atoms with E-state index in [1.807, 2.05) is 0 Å². The van der Waals surface area contributed by atoms with Crippen molar-refractivity contribution in [3.63, 3.8) is 0 Å². The molecule has 21 N–H and O–H groups in total. The quantitative estimate of drug-likeness (QED) is 0.00690. The van der Waals surface area contributed by atoms with Gasteiger partial charge in [0.05, 0.1) is 6.42 Å². The molecular formula is C74H108BrN19O20S. The van der Waals surface area contributed by atoms with Crippen LogP contribution in [0.3, 0.4) is 0 Å². The second-order valence-corrected chi connectivity index (χ2v) is 33.4. The summed E-state index contributed by atoms with van der Waals surface area (Å²) in [7, 11) is -5.39. The fraction of sp³-hybridized carbons (Fsp3) is 0.581. The van der Waals surface area contributed by atoms with Gasteiger partial charge in [-0.3, -0.25) is 81.5 Å². The Bertz CT molecular complexity index is 4240. The number of nitrogens with two attached hydrogens (primary N) is 4. The van der Waals surface area contributed by atoms with Gasteiger partial charge in [0.25, 0.3) is 10.1 Å². The number of fused-ring (bicyclic) bond motifs is 2. The van der Waals surface area contributed by atoms with Crippen LogP contribution in [0.5, 0.6) is 0 Å². The van der Waals surface area contributed by atoms with Crippen molar-refractivity contribution in [1.29, 1.82) is 0 Å². The molecule has 15 amide bonds. The highest BCUT2D eigenvalue weighted by atomic mass is 79.9. The highest BCUT2D eigenvalue weighted by Crippen LogP contribution is 2.30. The van der Waals surface area contributed by atoms with Gasteiger partial charge >= 0.3 is 5.97 Å². The van der Waals surface area contributed by atoms with Gasteiger partial charge in [-0.05, 0) is 111 Å². The molecule has 115 heavy (non-hydrogen) atoms. The average molecular weight is 1700 g/mol. The number of aliphatic imine (C=N–C) groups is 1. The number of aromatic amines is 1. The molecule has 2 unspecified atom stereocenters. The number of cyclic esters (lactones) is 1. The summed E-state index contributed by atoms with van der Waals surface area (Å²) in [5, 5.41) is 28.3. The number of aromatic nitrogens is 1. The Morgan fingerprint density at radius 3 is 1.95 bits per heavy atom. The lowest BCUT2D eigenvalue weighted by Gasteiger charge is -2.38. The van der Waals surface area contributed by atoms with E-state index in [-0.39, 0.29) is 64.6 Å². The molecule has 3 aliphatic heterocycles. The molecule has 0 aliphatic carbocycles. The third-order valence-electron chi connectivity index (χ3n) is 20.2. The van der Waals surface area contributed by atoms with Crippen LogP contribution in [0.25, 0.3) is 10.9 Å². The van der Waals surface area contributed by atoms with Crippen LogP contribution in [0.1, 0.15) is 145 Å². The van der Waals surface area contributed by atoms with Gasteiger partial charge in [0.2, 0.25) is 89.1 Å². The van der Waals surface area contributed by atoms with Crippen LogP contribution < -0.4 is 81.4 Å². The van der Waals surface area contributed by atoms with E-state index in [1.54, 1.807) is 110 Å². The Hall–Kier alpha value is -10.8. The highest BCUT2D eigenvalue weighted by Gasteiger charge is 2.47. The predicted octanol–water partition coefficient (Wildman–Crippen LogP) is -3.15. The van der Waals surface area contributed by atoms with Crippen molar-refractivity contribution in [2.45, 2.75) is 231 Å². The third kappa shape index (κ3) is 26.9. The summed E-state index contributed by atoms with van der Waals surface area (Å²) in [5.74, 6) is -18.5. The van der Waals surface area contributed by atoms with Crippen LogP contribution in [-0.4, -0.2) is 239 Å². The Morgan fingerprint density at radius 2 is 1.33 bits per heavy atom. The number of ether oxygens (including phenoxy) is 1. The van der Waals surface area contributed by atoms with Crippen molar-refractivity contribution in [3.8, 4) is 0 Å². The molecule has 14 atom stereocenters. The smallest absolute Gasteiger partial charge is 0.329 e. The normalized spacial score (nSPS) is 21.0. The molecule has 2 aromatic carbocycles. The zero-order valence-corrected chi connectivity index (χ0v) is 68.3. The van der Waals surface area contributed by atoms with Gasteiger partial charge in [-0.2, -0.15) is 8.42 Å². The Balaban J connectivity index is 1.34. The maximum Gasteiger partial charge on any atom is 0.329 e. The molecule has 3 saturated heterocycles. The van der Waals surface area contributed by atoms with E-state index >= 15 is 19.2 Å². The standard InChI is InChI=1S/C74H108BrN19O20S/c1-11-74(9,10)58(92-67(106)57(73(6,7)8)91-65(104)52-21-15-29-93(52)69(108)48(86-59(98)38(4)82-36-95)31-40-22-24-42(75)25-23-40)68(107)85-47(32-41-34-81-44-18-13-12-17-43(41)44)62(101)83-45(19-14-28-80-72(78)79)60(99)88-50(35-115(111,112)113)63(102)90-56-39(5)114-71(110)49(33-54(77)97)87-64(103)51-20-16-30-94(51)70(109)55(37(2)3)89-61(100)46(84-66(56)105)26-27-53(76)96/h12-13,17-18,22-25,34,36-39,45-52,55-58,81H,11,14-16,19-21,26-33,35H2,1-10H3,(H2,76,96)(H2,77,97)(H,82,95)(H,83,101)(H,84,105)(H,85,107)(H,86,98)(H,87,103)(H,88,99)(H,89,100)(H,90,102)(H,91,104)(H,92,106)(H4,78,79,80)(H,111,112,113)/t38-,39-,45+,46+,47+,48?,49-,50-,51-,52-,55-,56+,57?,58-/m0/s1. The highest BCUT2D eigenvalue weighted by molar-refractivity contribution is 9.10. The monoisotopic (exact) mass is 1690 g/mol. The van der Waals surface area contributed by atoms with E-state index in [1.165, 1.54) is 11.8 Å². The van der Waals surface area contributed by atoms with Gasteiger partial charge in [0.1, 0.15) is 90.4 Å². The summed E-state index contributed by atoms with van der Waals surface area (Å²) in [6, 6.07) is -7.25. The van der Waals surface area contributed by atoms with Gasteiger partial charge in [0.15, 0.2) is 5.96 Å². The van der Waals surface area contributed by atoms with Gasteiger partial charge in [0, 0.05) is 60.5 Å². The van der Waals surface area contributed by atoms with Crippen LogP contribution in [0.15, 0.2) is 64.2 Å². The zero-order chi connectivity index (χ0) is 85.7. The van der Waals surface area contributed by atoms with Crippen molar-refractivity contribution < 1.29 is 94.4 Å². The zero-order valence-electron chi connectivity index (χ0n) is 65.9. The fourth-order valence-electron chi connectivity index (χ4n) is 13.4. The average Bonchev–Trinajstić information content (AvgIpc) is 1.78. The Kier molecular flexibility index (Phi) is 33.5. The molecule has 3 fully saturated rings. The van der Waals surface area contributed by atoms with Crippen molar-refractivity contribution in [2.75, 3.05) is 25.4 Å². The first kappa shape index (κ1) is 93.0. The molecule has 39 nitrogen and oxygen atoms in total. The predicted molar refractivity (Wildman–Crippen MR) is 420 cm³/mol. The minimum atomic E-state index is -5.39. The Morgan fingerprint density at radius 1 is 0.713 bits per heavy atom. The lowest BCUT2D eigenvalue weighted by atomic mass is 9.80. The molecule has 0 saturated carbocycles. The molecule has 3 aromatic rings. The number of likely N-dealkylation sites (tertiary alicyclic amines) is 1. The van der Waals surface area contributed by atoms with Crippen molar-refractivity contribution in [2.24, 2.45) is 44.7 Å². The molecular weight excluding hydrogens is 1590 g/mol. The minimum absolute atomic E-state index is 0.00575. The van der Waals surface area contributed by atoms with Crippen LogP contribution in [0.2, 0.25) is 0 Å². The number of halogens is 1. The molecule has 4 heterocycles. The summed E-state index contributed by atoms with van der Waals surface area (Å²) in [6.07, 6.45) is -2.06.